The number of nitrogens with zero attached hydrogens (tertiary/aromatic N) is 4. The predicted octanol–water partition coefficient (Wildman–Crippen LogP) is 14.9. The van der Waals surface area contributed by atoms with E-state index in [2.05, 4.69) is 9.97 Å². The summed E-state index contributed by atoms with van der Waals surface area (Å²) in [5.41, 5.74) is 5.46. The number of benzene rings is 8. The Morgan fingerprint density at radius 2 is 1.36 bits per heavy atom. The lowest BCUT2D eigenvalue weighted by molar-refractivity contribution is -0.151. The Morgan fingerprint density at radius 1 is 0.691 bits per heavy atom. The van der Waals surface area contributed by atoms with Crippen LogP contribution in [0.3, 0.4) is 0 Å². The van der Waals surface area contributed by atoms with Gasteiger partial charge in [-0.3, -0.25) is 4.18 Å². The lowest BCUT2D eigenvalue weighted by atomic mass is 9.80. The fourth-order valence-corrected chi connectivity index (χ4v) is 13.1. The highest BCUT2D eigenvalue weighted by molar-refractivity contribution is 7.86. The standard InChI is InChI=1S/C73H64ClFN4O13S2/c1-7-87-72(81)64(40-48-39-54(80)27-35-61(48)88-41-53-37-38-76-69(79-53)60-15-11-12-16-62(60)86-6)92-70-66-65(68(93-71(66)78-44-77-70)47-19-25-52(75)26-20-47)59-34-36-63(67(74)46(59)3)91-57(43-90-94(82,83)58-32-17-45(2)18-33-58)42-89-73(49-13-9-8-10-14-49,50-21-28-55(84-4)29-22-50)51-23-30-56(85-5)31-24-51/h8-39,44,57,64,80H,7,40-43H2,1-6H3/t57-,64-/m1/s1. The summed E-state index contributed by atoms with van der Waals surface area (Å²) in [6.45, 7) is 4.50. The Hall–Kier alpha value is -9.96. The zero-order chi connectivity index (χ0) is 65.9. The Morgan fingerprint density at radius 3 is 2.04 bits per heavy atom. The van der Waals surface area contributed by atoms with E-state index in [1.807, 2.05) is 110 Å². The molecule has 0 unspecified atom stereocenters. The van der Waals surface area contributed by atoms with Crippen LogP contribution in [0, 0.1) is 19.7 Å². The molecule has 0 amide bonds. The van der Waals surface area contributed by atoms with E-state index < -0.39 is 46.3 Å². The normalized spacial score (nSPS) is 12.2. The van der Waals surface area contributed by atoms with Crippen LogP contribution in [-0.2, 0) is 47.2 Å². The van der Waals surface area contributed by atoms with E-state index in [0.717, 1.165) is 11.1 Å². The van der Waals surface area contributed by atoms with E-state index >= 15 is 0 Å². The van der Waals surface area contributed by atoms with Crippen LogP contribution in [0.2, 0.25) is 5.02 Å². The molecule has 0 bridgehead atoms. The van der Waals surface area contributed by atoms with Crippen LogP contribution in [0.15, 0.2) is 205 Å². The van der Waals surface area contributed by atoms with Crippen molar-refractivity contribution >= 4 is 49.2 Å². The van der Waals surface area contributed by atoms with Crippen molar-refractivity contribution < 1.29 is 64.8 Å². The molecule has 480 valence electrons. The number of methoxy groups -OCH3 is 3. The van der Waals surface area contributed by atoms with Crippen molar-refractivity contribution in [3.63, 3.8) is 0 Å². The van der Waals surface area contributed by atoms with E-state index in [1.54, 1.807) is 89.9 Å². The van der Waals surface area contributed by atoms with Crippen LogP contribution < -0.4 is 28.4 Å². The Balaban J connectivity index is 0.967. The number of aromatic hydroxyl groups is 1. The highest BCUT2D eigenvalue weighted by atomic mass is 35.5. The number of phenolic OH excluding ortho intramolecular Hbond substituents is 1. The molecule has 94 heavy (non-hydrogen) atoms. The number of aromatic nitrogens is 4. The molecule has 0 saturated carbocycles. The van der Waals surface area contributed by atoms with E-state index in [9.17, 15) is 22.7 Å². The van der Waals surface area contributed by atoms with Gasteiger partial charge in [0.05, 0.1) is 61.1 Å². The van der Waals surface area contributed by atoms with E-state index in [-0.39, 0.29) is 53.5 Å². The number of ether oxygens (including phenoxy) is 8. The summed E-state index contributed by atoms with van der Waals surface area (Å²) in [7, 11) is 0.374. The molecule has 0 spiro atoms. The number of para-hydroxylation sites is 1. The number of hydrogen-bond acceptors (Lipinski definition) is 18. The summed E-state index contributed by atoms with van der Waals surface area (Å²) in [5.74, 6) is 1.42. The van der Waals surface area contributed by atoms with Crippen molar-refractivity contribution in [2.75, 3.05) is 41.2 Å². The number of carbonyl (C=O) groups excluding carboxylic acids is 1. The lowest BCUT2D eigenvalue weighted by Gasteiger charge is -2.37. The number of rotatable bonds is 27. The summed E-state index contributed by atoms with van der Waals surface area (Å²) >= 11 is 8.81. The Labute approximate surface area is 552 Å². The van der Waals surface area contributed by atoms with Crippen LogP contribution in [-0.4, -0.2) is 92.8 Å². The molecule has 2 atom stereocenters. The molecule has 0 fully saturated rings. The summed E-state index contributed by atoms with van der Waals surface area (Å²) in [6.07, 6.45) is 0.213. The molecule has 21 heteroatoms. The molecule has 0 aliphatic rings. The second-order valence-corrected chi connectivity index (χ2v) is 24.5. The quantitative estimate of drug-likeness (QED) is 0.0289. The molecule has 8 aromatic carbocycles. The van der Waals surface area contributed by atoms with Gasteiger partial charge < -0.3 is 43.0 Å². The zero-order valence-electron chi connectivity index (χ0n) is 52.0. The van der Waals surface area contributed by atoms with Gasteiger partial charge in [-0.1, -0.05) is 114 Å². The fourth-order valence-electron chi connectivity index (χ4n) is 10.8. The van der Waals surface area contributed by atoms with Gasteiger partial charge in [-0.05, 0) is 145 Å². The van der Waals surface area contributed by atoms with Crippen molar-refractivity contribution in [3.05, 3.63) is 250 Å². The molecular weight excluding hydrogens is 1260 g/mol. The van der Waals surface area contributed by atoms with Gasteiger partial charge in [0.25, 0.3) is 10.1 Å². The number of hydrogen-bond donors (Lipinski definition) is 1. The van der Waals surface area contributed by atoms with Gasteiger partial charge in [0.2, 0.25) is 12.0 Å². The first-order chi connectivity index (χ1) is 45.6. The molecule has 11 aromatic rings. The minimum Gasteiger partial charge on any atom is -0.508 e. The summed E-state index contributed by atoms with van der Waals surface area (Å²) in [6, 6.07) is 53.9. The topological polar surface area (TPSA) is 206 Å². The zero-order valence-corrected chi connectivity index (χ0v) is 54.3. The highest BCUT2D eigenvalue weighted by Gasteiger charge is 2.40. The average Bonchev–Trinajstić information content (AvgIpc) is 1.36. The van der Waals surface area contributed by atoms with Gasteiger partial charge in [0, 0.05) is 28.6 Å². The van der Waals surface area contributed by atoms with E-state index in [4.69, 9.17) is 63.6 Å². The monoisotopic (exact) mass is 1320 g/mol. The first-order valence-corrected chi connectivity index (χ1v) is 32.4. The fraction of sp³-hybridized carbons (Fsp3) is 0.192. The number of aryl methyl sites for hydroxylation is 1. The molecule has 1 N–H and O–H groups in total. The molecule has 3 heterocycles. The molecule has 0 aliphatic heterocycles. The Kier molecular flexibility index (Phi) is 20.4. The first-order valence-electron chi connectivity index (χ1n) is 29.8. The predicted molar refractivity (Wildman–Crippen MR) is 356 cm³/mol. The van der Waals surface area contributed by atoms with Gasteiger partial charge in [0.1, 0.15) is 76.4 Å². The van der Waals surface area contributed by atoms with Crippen LogP contribution in [0.25, 0.3) is 43.2 Å². The first kappa shape index (κ1) is 65.5. The van der Waals surface area contributed by atoms with Gasteiger partial charge in [0.15, 0.2) is 5.82 Å². The van der Waals surface area contributed by atoms with E-state index in [1.165, 1.54) is 54.1 Å². The van der Waals surface area contributed by atoms with Crippen molar-refractivity contribution in [2.24, 2.45) is 0 Å². The maximum absolute atomic E-state index is 14.8. The largest absolute Gasteiger partial charge is 0.508 e. The van der Waals surface area contributed by atoms with Crippen LogP contribution in [0.1, 0.15) is 46.0 Å². The average molecular weight is 1320 g/mol. The number of fused-ring (bicyclic) bond motifs is 1. The number of esters is 1. The number of phenols is 1. The second kappa shape index (κ2) is 29.3. The summed E-state index contributed by atoms with van der Waals surface area (Å²) < 4.78 is 98.3. The molecule has 0 saturated heterocycles. The number of thiophene rings is 1. The van der Waals surface area contributed by atoms with Gasteiger partial charge >= 0.3 is 5.97 Å². The minimum atomic E-state index is -4.36. The summed E-state index contributed by atoms with van der Waals surface area (Å²) in [4.78, 5) is 33.8. The number of carbonyl (C=O) groups is 1. The third kappa shape index (κ3) is 14.5. The Bertz CT molecular complexity index is 4520. The lowest BCUT2D eigenvalue weighted by Crippen LogP contribution is -2.39. The molecule has 3 aromatic heterocycles. The van der Waals surface area contributed by atoms with Crippen molar-refractivity contribution in [3.8, 4) is 73.3 Å². The maximum Gasteiger partial charge on any atom is 0.347 e. The van der Waals surface area contributed by atoms with E-state index in [0.29, 0.717) is 94.1 Å². The highest BCUT2D eigenvalue weighted by Crippen LogP contribution is 2.50. The van der Waals surface area contributed by atoms with Crippen molar-refractivity contribution in [1.82, 2.24) is 19.9 Å². The SMILES string of the molecule is CCOC(=O)[C@@H](Cc1cc(O)ccc1OCc1ccnc(-c2ccccc2OC)n1)Oc1ncnc2sc(-c3ccc(F)cc3)c(-c3ccc(O[C@H](COC(c4ccccc4)(c4ccc(OC)cc4)c4ccc(OC)cc4)COS(=O)(=O)c4ccc(C)cc4)c(Cl)c3C)c12. The second-order valence-electron chi connectivity index (χ2n) is 21.5. The van der Waals surface area contributed by atoms with Gasteiger partial charge in [-0.15, -0.1) is 11.3 Å². The minimum absolute atomic E-state index is 0.00856. The maximum atomic E-state index is 14.8. The number of halogens is 2. The molecule has 17 nitrogen and oxygen atoms in total. The van der Waals surface area contributed by atoms with Crippen LogP contribution >= 0.6 is 22.9 Å². The van der Waals surface area contributed by atoms with Crippen LogP contribution in [0.5, 0.6) is 40.4 Å². The van der Waals surface area contributed by atoms with Crippen LogP contribution in [0.4, 0.5) is 4.39 Å². The van der Waals surface area contributed by atoms with Crippen molar-refractivity contribution in [2.45, 2.75) is 56.5 Å². The van der Waals surface area contributed by atoms with Crippen molar-refractivity contribution in [1.29, 1.82) is 0 Å². The molecular formula is C73H64ClFN4O13S2. The smallest absolute Gasteiger partial charge is 0.347 e. The third-order valence-corrected chi connectivity index (χ3v) is 18.5. The third-order valence-electron chi connectivity index (χ3n) is 15.5. The molecule has 0 radical (unpaired) electrons. The van der Waals surface area contributed by atoms with Gasteiger partial charge in [-0.25, -0.2) is 29.1 Å². The molecule has 0 aliphatic carbocycles. The van der Waals surface area contributed by atoms with Gasteiger partial charge in [-0.2, -0.15) is 8.42 Å². The molecule has 11 rings (SSSR count). The summed E-state index contributed by atoms with van der Waals surface area (Å²) in [5, 5.41) is 11.4.